The molecule has 61 heavy (non-hydrogen) atoms. The van der Waals surface area contributed by atoms with E-state index in [0.717, 1.165) is 10.9 Å². The number of rotatable bonds is 20. The number of nitrogens with zero attached hydrogens (tertiary/aromatic N) is 6. The summed E-state index contributed by atoms with van der Waals surface area (Å²) in [5.41, 5.74) is 21.6. The predicted octanol–water partition coefficient (Wildman–Crippen LogP) is -0.494. The van der Waals surface area contributed by atoms with Crippen LogP contribution >= 0.6 is 37.0 Å². The lowest BCUT2D eigenvalue weighted by Crippen LogP contribution is -2.43. The van der Waals surface area contributed by atoms with Crippen molar-refractivity contribution in [2.75, 3.05) is 37.0 Å². The molecular weight excluding hydrogens is 888 g/mol. The molecule has 2 fully saturated rings. The molecule has 0 saturated carbocycles. The summed E-state index contributed by atoms with van der Waals surface area (Å²) in [4.78, 5) is 84.2. The molecule has 0 bridgehead atoms. The Morgan fingerprint density at radius 2 is 1.75 bits per heavy atom. The molecule has 340 valence electrons. The number of nitrogens with two attached hydrogens (primary N) is 4. The van der Waals surface area contributed by atoms with Crippen LogP contribution in [0.4, 0.5) is 11.6 Å². The van der Waals surface area contributed by atoms with Gasteiger partial charge in [-0.25, -0.2) is 24.3 Å². The van der Waals surface area contributed by atoms with E-state index in [2.05, 4.69) is 50.5 Å². The van der Waals surface area contributed by atoms with E-state index < -0.39 is 101 Å². The topological polar surface area (TPSA) is 390 Å². The van der Waals surface area contributed by atoms with Crippen molar-refractivity contribution in [3.05, 3.63) is 35.4 Å². The molecule has 3 aromatic heterocycles. The van der Waals surface area contributed by atoms with Gasteiger partial charge >= 0.3 is 27.1 Å². The van der Waals surface area contributed by atoms with E-state index in [-0.39, 0.29) is 46.4 Å². The number of phosphoric ester groups is 1. The summed E-state index contributed by atoms with van der Waals surface area (Å²) in [5, 5.41) is 14.3. The van der Waals surface area contributed by atoms with Crippen molar-refractivity contribution in [3.8, 4) is 0 Å². The van der Waals surface area contributed by atoms with Gasteiger partial charge in [-0.15, -0.1) is 0 Å². The number of aromatic nitrogens is 6. The Morgan fingerprint density at radius 1 is 1.03 bits per heavy atom. The number of unbranched alkanes of at least 4 members (excludes halogenated alkanes) is 1. The monoisotopic (exact) mass is 939 g/mol. The molecule has 0 aromatic carbocycles. The summed E-state index contributed by atoms with van der Waals surface area (Å²) in [5.74, 6) is -0.914. The number of phosphoric acid groups is 1. The van der Waals surface area contributed by atoms with E-state index in [1.54, 1.807) is 10.8 Å². The van der Waals surface area contributed by atoms with Crippen molar-refractivity contribution in [2.45, 2.75) is 106 Å². The zero-order chi connectivity index (χ0) is 44.9. The number of imidazole rings is 1. The highest BCUT2D eigenvalue weighted by molar-refractivity contribution is 8.77. The van der Waals surface area contributed by atoms with E-state index in [0.29, 0.717) is 18.6 Å². The Balaban J connectivity index is 1.26. The highest BCUT2D eigenvalue weighted by Crippen LogP contribution is 2.56. The van der Waals surface area contributed by atoms with Crippen LogP contribution in [0.2, 0.25) is 0 Å². The number of hydrogen-bond acceptors (Lipinski definition) is 21. The van der Waals surface area contributed by atoms with Crippen molar-refractivity contribution < 1.29 is 61.8 Å². The Bertz CT molecular complexity index is 2160. The van der Waals surface area contributed by atoms with Gasteiger partial charge in [-0.1, -0.05) is 42.4 Å². The fraction of sp³-hybridized carbons (Fsp3) is 0.656. The largest absolute Gasteiger partial charge is 0.469 e. The van der Waals surface area contributed by atoms with Gasteiger partial charge in [0.2, 0.25) is 5.91 Å². The second kappa shape index (κ2) is 20.5. The maximum Gasteiger partial charge on any atom is 0.469 e. The zero-order valence-corrected chi connectivity index (χ0v) is 36.7. The van der Waals surface area contributed by atoms with E-state index in [4.69, 9.17) is 41.7 Å². The average Bonchev–Trinajstić information content (AvgIpc) is 3.88. The highest BCUT2D eigenvalue weighted by Gasteiger charge is 2.52. The fourth-order valence-corrected chi connectivity index (χ4v) is 10.6. The van der Waals surface area contributed by atoms with E-state index in [1.807, 2.05) is 0 Å². The molecule has 5 heterocycles. The number of nitrogen functional groups attached to an aromatic ring is 2. The standard InChI is InChI=1S/C32H51N11O14P2S2/c1-32(2,3)61-60-13-17(34)28(45)37-8-5-4-6-16(33)30(46)57-25-19(56-29(24(25)44)43-15-40-23-26(36)38-14-39-27(23)43)12-53-58(48,49)20-10-22(42-9-7-21(35)41-31(42)47)55-18(20)11-54-59(50,51)52/h7,9,14-20,22,24-25,29,44H,4-6,8,10-13,33-34H2,1-3H3,(H,37,45)(H,48,49)(H2,35,41,47)(H2,36,38,39)(H2,50,51,52)/t16-,17-,18+,19?,20-,22+,24+,25+,29+/m0/s1. The Kier molecular flexibility index (Phi) is 16.4. The molecule has 0 aliphatic carbocycles. The minimum absolute atomic E-state index is 0.0145. The number of nitrogens with one attached hydrogen (secondary N) is 1. The molecule has 2 aliphatic rings. The van der Waals surface area contributed by atoms with Gasteiger partial charge in [-0.05, 0) is 25.3 Å². The third-order valence-corrected chi connectivity index (χ3v) is 15.0. The SMILES string of the molecule is CC(C)(C)SSC[C@H](N)C(=O)NCCCC[C@H](N)C(=O)O[C@@H]1C(COP(=O)(O)[C@H]2C[C@H](n3ccc(N)nc3=O)O[C@@H]2COP(=O)(O)O)O[C@@H](n2cnc3c(N)ncnc32)[C@@H]1O. The number of hydrogen-bond donors (Lipinski definition) is 9. The molecule has 10 atom stereocenters. The molecule has 29 heteroatoms. The van der Waals surface area contributed by atoms with Crippen LogP contribution in [0.25, 0.3) is 11.2 Å². The summed E-state index contributed by atoms with van der Waals surface area (Å²) < 4.78 is 55.4. The van der Waals surface area contributed by atoms with E-state index in [9.17, 15) is 43.3 Å². The van der Waals surface area contributed by atoms with Gasteiger partial charge < -0.3 is 66.8 Å². The summed E-state index contributed by atoms with van der Waals surface area (Å²) >= 11 is 0. The van der Waals surface area contributed by atoms with Gasteiger partial charge in [0.1, 0.15) is 42.1 Å². The summed E-state index contributed by atoms with van der Waals surface area (Å²) in [6.45, 7) is 4.77. The Morgan fingerprint density at radius 3 is 2.44 bits per heavy atom. The number of fused-ring (bicyclic) bond motifs is 1. The number of aliphatic hydroxyl groups is 1. The first-order chi connectivity index (χ1) is 28.5. The molecule has 2 saturated heterocycles. The summed E-state index contributed by atoms with van der Waals surface area (Å²) in [6, 6.07) is -0.625. The van der Waals surface area contributed by atoms with Gasteiger partial charge in [0.25, 0.3) is 0 Å². The number of ether oxygens (including phenoxy) is 3. The van der Waals surface area contributed by atoms with Crippen LogP contribution < -0.4 is 33.9 Å². The maximum absolute atomic E-state index is 14.0. The number of carbonyl (C=O) groups excluding carboxylic acids is 2. The van der Waals surface area contributed by atoms with Gasteiger partial charge in [0, 0.05) is 29.7 Å². The molecule has 1 amide bonds. The smallest absolute Gasteiger partial charge is 0.455 e. The van der Waals surface area contributed by atoms with Gasteiger partial charge in [-0.3, -0.25) is 27.8 Å². The van der Waals surface area contributed by atoms with E-state index >= 15 is 0 Å². The Hall–Kier alpha value is -3.27. The second-order valence-electron chi connectivity index (χ2n) is 15.1. The number of carbonyl (C=O) groups is 2. The molecule has 3 aromatic rings. The minimum atomic E-state index is -5.10. The predicted molar refractivity (Wildman–Crippen MR) is 221 cm³/mol. The van der Waals surface area contributed by atoms with Crippen molar-refractivity contribution in [1.82, 2.24) is 34.4 Å². The third-order valence-electron chi connectivity index (χ3n) is 9.28. The molecule has 2 unspecified atom stereocenters. The van der Waals surface area contributed by atoms with Crippen LogP contribution in [-0.2, 0) is 42.0 Å². The summed E-state index contributed by atoms with van der Waals surface area (Å²) in [6.07, 6.45) is -4.60. The molecule has 25 nitrogen and oxygen atoms in total. The lowest BCUT2D eigenvalue weighted by atomic mass is 10.1. The maximum atomic E-state index is 14.0. The molecule has 0 radical (unpaired) electrons. The van der Waals surface area contributed by atoms with Crippen molar-refractivity contribution in [3.63, 3.8) is 0 Å². The van der Waals surface area contributed by atoms with Crippen LogP contribution in [-0.4, -0.2) is 133 Å². The third kappa shape index (κ3) is 13.1. The van der Waals surface area contributed by atoms with Crippen molar-refractivity contribution >= 4 is 71.7 Å². The van der Waals surface area contributed by atoms with Crippen LogP contribution in [0.5, 0.6) is 0 Å². The first-order valence-corrected chi connectivity index (χ1v) is 24.3. The van der Waals surface area contributed by atoms with Crippen LogP contribution in [0, 0.1) is 0 Å². The lowest BCUT2D eigenvalue weighted by molar-refractivity contribution is -0.158. The lowest BCUT2D eigenvalue weighted by Gasteiger charge is -2.26. The van der Waals surface area contributed by atoms with Crippen LogP contribution in [0.1, 0.15) is 58.9 Å². The van der Waals surface area contributed by atoms with E-state index in [1.165, 1.54) is 34.0 Å². The zero-order valence-electron chi connectivity index (χ0n) is 33.2. The minimum Gasteiger partial charge on any atom is -0.455 e. The average molecular weight is 940 g/mol. The first-order valence-electron chi connectivity index (χ1n) is 18.8. The number of amides is 1. The Labute approximate surface area is 356 Å². The normalized spacial score (nSPS) is 25.3. The number of esters is 1. The molecular formula is C32H51N11O14P2S2. The van der Waals surface area contributed by atoms with Crippen molar-refractivity contribution in [1.29, 1.82) is 0 Å². The number of anilines is 2. The number of aliphatic hydroxyl groups excluding tert-OH is 1. The quantitative estimate of drug-likeness (QED) is 0.0298. The second-order valence-corrected chi connectivity index (χ2v) is 21.6. The van der Waals surface area contributed by atoms with Gasteiger partial charge in [-0.2, -0.15) is 4.98 Å². The molecule has 0 spiro atoms. The van der Waals surface area contributed by atoms with Crippen LogP contribution in [0.15, 0.2) is 29.7 Å². The highest BCUT2D eigenvalue weighted by atomic mass is 33.1. The van der Waals surface area contributed by atoms with Crippen molar-refractivity contribution in [2.24, 2.45) is 11.5 Å². The summed E-state index contributed by atoms with van der Waals surface area (Å²) in [7, 11) is -6.89. The van der Waals surface area contributed by atoms with Gasteiger partial charge in [0.15, 0.2) is 23.8 Å². The van der Waals surface area contributed by atoms with Gasteiger partial charge in [0.05, 0.1) is 37.3 Å². The fourth-order valence-electron chi connectivity index (χ4n) is 6.29. The first kappa shape index (κ1) is 48.8. The molecule has 13 N–H and O–H groups in total. The van der Waals surface area contributed by atoms with Crippen LogP contribution in [0.3, 0.4) is 0 Å². The molecule has 2 aliphatic heterocycles. The molecule has 5 rings (SSSR count).